The number of benzene rings is 1. The zero-order valence-electron chi connectivity index (χ0n) is 14.1. The number of aromatic hydroxyl groups is 1. The number of carbonyl (C=O) groups excluding carboxylic acids is 1. The zero-order valence-corrected chi connectivity index (χ0v) is 14.1. The number of carboxylic acids is 1. The van der Waals surface area contributed by atoms with Crippen molar-refractivity contribution in [3.05, 3.63) is 29.8 Å². The van der Waals surface area contributed by atoms with Gasteiger partial charge in [-0.15, -0.1) is 0 Å². The number of phenolic OH excluding ortho intramolecular Hbond substituents is 1. The van der Waals surface area contributed by atoms with E-state index in [9.17, 15) is 14.7 Å². The van der Waals surface area contributed by atoms with Crippen LogP contribution in [0.15, 0.2) is 24.3 Å². The predicted molar refractivity (Wildman–Crippen MR) is 91.9 cm³/mol. The van der Waals surface area contributed by atoms with E-state index in [-0.39, 0.29) is 17.8 Å². The first-order valence-corrected chi connectivity index (χ1v) is 8.57. The van der Waals surface area contributed by atoms with Crippen LogP contribution in [0.25, 0.3) is 0 Å². The maximum absolute atomic E-state index is 12.1. The van der Waals surface area contributed by atoms with Crippen molar-refractivity contribution >= 4 is 11.9 Å². The van der Waals surface area contributed by atoms with Crippen LogP contribution < -0.4 is 11.5 Å². The number of carbonyl (C=O) groups is 2. The maximum atomic E-state index is 12.1. The van der Waals surface area contributed by atoms with Crippen LogP contribution in [0.1, 0.15) is 37.7 Å². The molecule has 138 valence electrons. The van der Waals surface area contributed by atoms with Gasteiger partial charge < -0.3 is 26.4 Å². The lowest BCUT2D eigenvalue weighted by Gasteiger charge is -2.29. The van der Waals surface area contributed by atoms with Crippen LogP contribution in [0.2, 0.25) is 0 Å². The van der Waals surface area contributed by atoms with Gasteiger partial charge in [0.05, 0.1) is 0 Å². The first kappa shape index (κ1) is 19.2. The van der Waals surface area contributed by atoms with Crippen LogP contribution in [0.5, 0.6) is 5.75 Å². The third kappa shape index (κ3) is 6.03. The van der Waals surface area contributed by atoms with Gasteiger partial charge in [-0.05, 0) is 62.1 Å². The summed E-state index contributed by atoms with van der Waals surface area (Å²) in [5.74, 6) is -0.987. The number of carboxylic acid groups (broad SMARTS) is 1. The van der Waals surface area contributed by atoms with E-state index in [1.54, 1.807) is 24.3 Å². The summed E-state index contributed by atoms with van der Waals surface area (Å²) in [5, 5.41) is 18.1. The van der Waals surface area contributed by atoms with Crippen molar-refractivity contribution in [2.24, 2.45) is 17.4 Å². The number of phenols is 1. The molecule has 1 aromatic rings. The molecular formula is C18H26N2O5. The molecule has 1 aliphatic carbocycles. The minimum absolute atomic E-state index is 0.166. The summed E-state index contributed by atoms with van der Waals surface area (Å²) in [5.41, 5.74) is 12.3. The number of hydrogen-bond acceptors (Lipinski definition) is 6. The van der Waals surface area contributed by atoms with Gasteiger partial charge in [-0.3, -0.25) is 9.59 Å². The quantitative estimate of drug-likeness (QED) is 0.542. The summed E-state index contributed by atoms with van der Waals surface area (Å²) in [7, 11) is 0. The van der Waals surface area contributed by atoms with Crippen molar-refractivity contribution in [1.82, 2.24) is 0 Å². The Bertz CT molecular complexity index is 582. The van der Waals surface area contributed by atoms with Crippen LogP contribution in [0.4, 0.5) is 0 Å². The average molecular weight is 350 g/mol. The van der Waals surface area contributed by atoms with Gasteiger partial charge in [0, 0.05) is 0 Å². The van der Waals surface area contributed by atoms with Crippen LogP contribution in [0, 0.1) is 5.92 Å². The van der Waals surface area contributed by atoms with E-state index >= 15 is 0 Å². The summed E-state index contributed by atoms with van der Waals surface area (Å²) in [4.78, 5) is 22.9. The zero-order chi connectivity index (χ0) is 18.4. The number of ether oxygens (including phenoxy) is 1. The summed E-state index contributed by atoms with van der Waals surface area (Å²) >= 11 is 0. The fraction of sp³-hybridized carbons (Fsp3) is 0.556. The highest BCUT2D eigenvalue weighted by Gasteiger charge is 2.28. The normalized spacial score (nSPS) is 22.8. The molecule has 7 heteroatoms. The third-order valence-corrected chi connectivity index (χ3v) is 4.68. The molecular weight excluding hydrogens is 324 g/mol. The molecule has 0 spiro atoms. The van der Waals surface area contributed by atoms with Gasteiger partial charge in [0.1, 0.15) is 23.9 Å². The van der Waals surface area contributed by atoms with Crippen LogP contribution >= 0.6 is 0 Å². The van der Waals surface area contributed by atoms with E-state index < -0.39 is 24.0 Å². The number of hydrogen-bond donors (Lipinski definition) is 4. The molecule has 0 unspecified atom stereocenters. The molecule has 0 aromatic heterocycles. The van der Waals surface area contributed by atoms with Gasteiger partial charge in [0.15, 0.2) is 0 Å². The topological polar surface area (TPSA) is 136 Å². The Kier molecular flexibility index (Phi) is 6.78. The Morgan fingerprint density at radius 1 is 1.08 bits per heavy atom. The molecule has 1 fully saturated rings. The van der Waals surface area contributed by atoms with Crippen molar-refractivity contribution < 1.29 is 24.5 Å². The van der Waals surface area contributed by atoms with Gasteiger partial charge in [-0.2, -0.15) is 0 Å². The lowest BCUT2D eigenvalue weighted by atomic mass is 9.83. The van der Waals surface area contributed by atoms with Gasteiger partial charge in [-0.1, -0.05) is 12.1 Å². The van der Waals surface area contributed by atoms with Gasteiger partial charge in [-0.25, -0.2) is 0 Å². The summed E-state index contributed by atoms with van der Waals surface area (Å²) in [6.07, 6.45) is 3.63. The second kappa shape index (κ2) is 8.82. The molecule has 1 aliphatic rings. The lowest BCUT2D eigenvalue weighted by molar-refractivity contribution is -0.152. The second-order valence-corrected chi connectivity index (χ2v) is 6.74. The van der Waals surface area contributed by atoms with Crippen molar-refractivity contribution in [3.63, 3.8) is 0 Å². The van der Waals surface area contributed by atoms with Gasteiger partial charge >= 0.3 is 11.9 Å². The highest BCUT2D eigenvalue weighted by Crippen LogP contribution is 2.29. The van der Waals surface area contributed by atoms with E-state index in [0.717, 1.165) is 18.4 Å². The Balaban J connectivity index is 1.74. The van der Waals surface area contributed by atoms with Crippen molar-refractivity contribution in [2.75, 3.05) is 0 Å². The van der Waals surface area contributed by atoms with E-state index in [4.69, 9.17) is 21.3 Å². The van der Waals surface area contributed by atoms with Crippen LogP contribution in [-0.2, 0) is 20.7 Å². The second-order valence-electron chi connectivity index (χ2n) is 6.74. The summed E-state index contributed by atoms with van der Waals surface area (Å²) in [6.45, 7) is 0. The maximum Gasteiger partial charge on any atom is 0.323 e. The van der Waals surface area contributed by atoms with Crippen LogP contribution in [-0.4, -0.2) is 40.3 Å². The molecule has 1 aromatic carbocycles. The first-order valence-electron chi connectivity index (χ1n) is 8.57. The van der Waals surface area contributed by atoms with Crippen LogP contribution in [0.3, 0.4) is 0 Å². The third-order valence-electron chi connectivity index (χ3n) is 4.68. The molecule has 6 N–H and O–H groups in total. The molecule has 0 bridgehead atoms. The molecule has 7 nitrogen and oxygen atoms in total. The monoisotopic (exact) mass is 350 g/mol. The van der Waals surface area contributed by atoms with E-state index in [1.807, 2.05) is 0 Å². The standard InChI is InChI=1S/C18H26N2O5/c19-15(17(22)23)9-12-3-7-14(8-4-12)25-18(24)16(20)10-11-1-5-13(21)6-2-11/h1-2,5-6,12,14-16,21H,3-4,7-10,19-20H2,(H,22,23)/t12?,14?,15-,16-/m0/s1. The predicted octanol–water partition coefficient (Wildman–Crippen LogP) is 1.17. The molecule has 0 saturated heterocycles. The van der Waals surface area contributed by atoms with E-state index in [0.29, 0.717) is 25.7 Å². The van der Waals surface area contributed by atoms with E-state index in [1.165, 1.54) is 0 Å². The van der Waals surface area contributed by atoms with Gasteiger partial charge in [0.2, 0.25) is 0 Å². The largest absolute Gasteiger partial charge is 0.508 e. The smallest absolute Gasteiger partial charge is 0.323 e. The fourth-order valence-corrected chi connectivity index (χ4v) is 3.17. The van der Waals surface area contributed by atoms with Crippen molar-refractivity contribution in [3.8, 4) is 5.75 Å². The highest BCUT2D eigenvalue weighted by molar-refractivity contribution is 5.76. The Morgan fingerprint density at radius 2 is 1.68 bits per heavy atom. The number of esters is 1. The number of nitrogens with two attached hydrogens (primary N) is 2. The molecule has 25 heavy (non-hydrogen) atoms. The Hall–Kier alpha value is -2.12. The molecule has 0 aliphatic heterocycles. The molecule has 0 radical (unpaired) electrons. The van der Waals surface area contributed by atoms with Crippen molar-refractivity contribution in [1.29, 1.82) is 0 Å². The SMILES string of the molecule is N[C@@H](CC1CCC(OC(=O)[C@@H](N)Cc2ccc(O)cc2)CC1)C(=O)O. The summed E-state index contributed by atoms with van der Waals surface area (Å²) in [6, 6.07) is 4.97. The lowest BCUT2D eigenvalue weighted by Crippen LogP contribution is -2.38. The molecule has 2 atom stereocenters. The number of aliphatic carboxylic acids is 1. The Morgan fingerprint density at radius 3 is 2.24 bits per heavy atom. The van der Waals surface area contributed by atoms with Crippen molar-refractivity contribution in [2.45, 2.75) is 56.7 Å². The molecule has 1 saturated carbocycles. The molecule has 0 amide bonds. The molecule has 2 rings (SSSR count). The first-order chi connectivity index (χ1) is 11.8. The highest BCUT2D eigenvalue weighted by atomic mass is 16.5. The molecule has 0 heterocycles. The minimum Gasteiger partial charge on any atom is -0.508 e. The summed E-state index contributed by atoms with van der Waals surface area (Å²) < 4.78 is 5.49. The average Bonchev–Trinajstić information content (AvgIpc) is 2.58. The number of rotatable bonds is 7. The fourth-order valence-electron chi connectivity index (χ4n) is 3.17. The minimum atomic E-state index is -0.978. The van der Waals surface area contributed by atoms with Gasteiger partial charge in [0.25, 0.3) is 0 Å². The Labute approximate surface area is 147 Å². The van der Waals surface area contributed by atoms with E-state index in [2.05, 4.69) is 0 Å².